The van der Waals surface area contributed by atoms with E-state index in [1.54, 1.807) is 0 Å². The van der Waals surface area contributed by atoms with Gasteiger partial charge in [0, 0.05) is 35.2 Å². The molecule has 0 aliphatic carbocycles. The van der Waals surface area contributed by atoms with Crippen molar-refractivity contribution in [2.75, 3.05) is 6.73 Å². The van der Waals surface area contributed by atoms with E-state index in [-0.39, 0.29) is 13.2 Å². The number of phosphoric acid groups is 1. The number of nitrogens with one attached hydrogen (secondary N) is 1. The minimum atomic E-state index is -4.26. The van der Waals surface area contributed by atoms with Gasteiger partial charge in [-0.1, -0.05) is 97.1 Å². The van der Waals surface area contributed by atoms with Crippen LogP contribution in [0.2, 0.25) is 0 Å². The number of phosphoric ester groups is 1. The third-order valence-electron chi connectivity index (χ3n) is 9.36. The summed E-state index contributed by atoms with van der Waals surface area (Å²) in [4.78, 5) is 33.3. The maximum Gasteiger partial charge on any atom is 0.477 e. The van der Waals surface area contributed by atoms with Crippen molar-refractivity contribution in [3.05, 3.63) is 143 Å². The smallest absolute Gasteiger partial charge is 0.361 e. The molecule has 0 saturated carbocycles. The van der Waals surface area contributed by atoms with Crippen LogP contribution in [0, 0.1) is 0 Å². The van der Waals surface area contributed by atoms with Crippen LogP contribution >= 0.6 is 7.82 Å². The zero-order valence-corrected chi connectivity index (χ0v) is 27.1. The summed E-state index contributed by atoms with van der Waals surface area (Å²) in [5, 5.41) is 1.84. The van der Waals surface area contributed by atoms with Crippen molar-refractivity contribution in [2.24, 2.45) is 0 Å². The Balaban J connectivity index is 1.14. The summed E-state index contributed by atoms with van der Waals surface area (Å²) in [6.07, 6.45) is 5.82. The number of aromatic nitrogens is 2. The third kappa shape index (κ3) is 5.59. The van der Waals surface area contributed by atoms with Gasteiger partial charge in [-0.3, -0.25) is 28.1 Å². The lowest BCUT2D eigenvalue weighted by atomic mass is 9.83. The minimum Gasteiger partial charge on any atom is -0.361 e. The Morgan fingerprint density at radius 3 is 2.04 bits per heavy atom. The lowest BCUT2D eigenvalue weighted by Gasteiger charge is -2.21. The van der Waals surface area contributed by atoms with E-state index >= 15 is 0 Å². The summed E-state index contributed by atoms with van der Waals surface area (Å²) in [6, 6.07) is 32.4. The summed E-state index contributed by atoms with van der Waals surface area (Å²) < 4.78 is 33.7. The molecular formula is C38H34N3O6P. The summed E-state index contributed by atoms with van der Waals surface area (Å²) >= 11 is 0. The van der Waals surface area contributed by atoms with Gasteiger partial charge in [0.05, 0.1) is 30.6 Å². The fourth-order valence-electron chi connectivity index (χ4n) is 7.06. The van der Waals surface area contributed by atoms with E-state index in [4.69, 9.17) is 13.6 Å². The van der Waals surface area contributed by atoms with E-state index in [1.807, 2.05) is 109 Å². The van der Waals surface area contributed by atoms with E-state index < -0.39 is 38.2 Å². The highest BCUT2D eigenvalue weighted by Gasteiger charge is 2.51. The SMILES string of the molecule is O=C1[C@@H](c2c[nH]c3ccccc23)[C@H](c2cn3c4c(cccc24)CCC3)C(=O)N1COP(=O)(OCc1ccccc1)OCc1ccccc1. The Bertz CT molecular complexity index is 2130. The number of carbonyl (C=O) groups excluding carboxylic acids is 2. The molecule has 4 heterocycles. The number of fused-ring (bicyclic) bond motifs is 1. The number of benzene rings is 4. The maximum absolute atomic E-state index is 14.5. The molecular weight excluding hydrogens is 625 g/mol. The lowest BCUT2D eigenvalue weighted by Crippen LogP contribution is -2.33. The minimum absolute atomic E-state index is 0.0444. The Labute approximate surface area is 277 Å². The molecule has 10 heteroatoms. The second-order valence-electron chi connectivity index (χ2n) is 12.3. The first-order chi connectivity index (χ1) is 23.5. The van der Waals surface area contributed by atoms with Crippen molar-refractivity contribution in [1.29, 1.82) is 0 Å². The van der Waals surface area contributed by atoms with Crippen molar-refractivity contribution in [2.45, 2.75) is 44.4 Å². The van der Waals surface area contributed by atoms with Crippen LogP contribution in [0.4, 0.5) is 0 Å². The van der Waals surface area contributed by atoms with Gasteiger partial charge in [0.15, 0.2) is 0 Å². The van der Waals surface area contributed by atoms with Crippen molar-refractivity contribution >= 4 is 41.4 Å². The Morgan fingerprint density at radius 1 is 0.708 bits per heavy atom. The number of rotatable bonds is 11. The van der Waals surface area contributed by atoms with Crippen LogP contribution in [-0.2, 0) is 53.9 Å². The number of likely N-dealkylation sites (tertiary alicyclic amines) is 1. The predicted octanol–water partition coefficient (Wildman–Crippen LogP) is 7.82. The number of H-pyrrole nitrogens is 1. The number of imide groups is 1. The number of hydrogen-bond donors (Lipinski definition) is 1. The highest BCUT2D eigenvalue weighted by atomic mass is 31.2. The first kappa shape index (κ1) is 30.5. The number of hydrogen-bond acceptors (Lipinski definition) is 6. The topological polar surface area (TPSA) is 103 Å². The third-order valence-corrected chi connectivity index (χ3v) is 10.7. The molecule has 48 heavy (non-hydrogen) atoms. The second-order valence-corrected chi connectivity index (χ2v) is 13.9. The van der Waals surface area contributed by atoms with Gasteiger partial charge >= 0.3 is 7.82 Å². The Hall–Kier alpha value is -4.79. The monoisotopic (exact) mass is 659 g/mol. The van der Waals surface area contributed by atoms with Crippen molar-refractivity contribution in [3.63, 3.8) is 0 Å². The molecule has 0 unspecified atom stereocenters. The quantitative estimate of drug-likeness (QED) is 0.112. The van der Waals surface area contributed by atoms with Crippen molar-refractivity contribution < 1.29 is 27.7 Å². The van der Waals surface area contributed by atoms with Gasteiger partial charge in [0.25, 0.3) is 0 Å². The van der Waals surface area contributed by atoms with Crippen LogP contribution in [0.3, 0.4) is 0 Å². The molecule has 242 valence electrons. The molecule has 2 aliphatic heterocycles. The molecule has 8 rings (SSSR count). The standard InChI is InChI=1S/C38H34N3O6P/c42-37-34(31-21-39-33-19-8-7-17-29(31)33)35(32-22-40-20-10-16-28-15-9-18-30(32)36(28)40)38(43)41(37)25-47-48(44,45-23-26-11-3-1-4-12-26)46-24-27-13-5-2-6-14-27/h1-9,11-15,17-19,21-22,34-35,39H,10,16,20,23-25H2/t34-,35-/m0/s1. The summed E-state index contributed by atoms with van der Waals surface area (Å²) in [6.45, 7) is 0.167. The van der Waals surface area contributed by atoms with Crippen LogP contribution in [0.15, 0.2) is 116 Å². The van der Waals surface area contributed by atoms with Gasteiger partial charge in [-0.05, 0) is 46.7 Å². The van der Waals surface area contributed by atoms with Gasteiger partial charge in [0.2, 0.25) is 11.8 Å². The van der Waals surface area contributed by atoms with E-state index in [0.29, 0.717) is 0 Å². The van der Waals surface area contributed by atoms with Gasteiger partial charge in [-0.25, -0.2) is 4.57 Å². The van der Waals surface area contributed by atoms with Crippen LogP contribution in [0.5, 0.6) is 0 Å². The molecule has 1 saturated heterocycles. The Kier molecular flexibility index (Phi) is 8.06. The van der Waals surface area contributed by atoms with Crippen molar-refractivity contribution in [1.82, 2.24) is 14.5 Å². The molecule has 4 aromatic carbocycles. The van der Waals surface area contributed by atoms with Gasteiger partial charge in [-0.15, -0.1) is 0 Å². The zero-order chi connectivity index (χ0) is 32.7. The van der Waals surface area contributed by atoms with E-state index in [9.17, 15) is 14.2 Å². The molecule has 2 amide bonds. The fourth-order valence-corrected chi connectivity index (χ4v) is 8.16. The molecule has 2 atom stereocenters. The number of nitrogens with zero attached hydrogens (tertiary/aromatic N) is 2. The Morgan fingerprint density at radius 2 is 1.33 bits per heavy atom. The lowest BCUT2D eigenvalue weighted by molar-refractivity contribution is -0.142. The average molecular weight is 660 g/mol. The maximum atomic E-state index is 14.5. The zero-order valence-electron chi connectivity index (χ0n) is 26.2. The molecule has 1 N–H and O–H groups in total. The largest absolute Gasteiger partial charge is 0.477 e. The molecule has 6 aromatic rings. The van der Waals surface area contributed by atoms with E-state index in [0.717, 1.165) is 68.3 Å². The molecule has 2 aromatic heterocycles. The normalized spacial score (nSPS) is 18.0. The van der Waals surface area contributed by atoms with Crippen LogP contribution < -0.4 is 0 Å². The number of carbonyl (C=O) groups is 2. The highest BCUT2D eigenvalue weighted by Crippen LogP contribution is 2.53. The number of aromatic amines is 1. The predicted molar refractivity (Wildman–Crippen MR) is 182 cm³/mol. The van der Waals surface area contributed by atoms with Gasteiger partial charge < -0.3 is 9.55 Å². The molecule has 0 radical (unpaired) electrons. The van der Waals surface area contributed by atoms with E-state index in [1.165, 1.54) is 5.56 Å². The fraction of sp³-hybridized carbons (Fsp3) is 0.211. The first-order valence-corrected chi connectivity index (χ1v) is 17.6. The molecule has 1 fully saturated rings. The molecule has 9 nitrogen and oxygen atoms in total. The van der Waals surface area contributed by atoms with E-state index in [2.05, 4.69) is 15.6 Å². The number of amides is 2. The molecule has 0 bridgehead atoms. The first-order valence-electron chi connectivity index (χ1n) is 16.1. The van der Waals surface area contributed by atoms with Crippen LogP contribution in [-0.4, -0.2) is 33.0 Å². The van der Waals surface area contributed by atoms with Crippen molar-refractivity contribution in [3.8, 4) is 0 Å². The summed E-state index contributed by atoms with van der Waals surface area (Å²) in [5.74, 6) is -2.49. The van der Waals surface area contributed by atoms with Crippen LogP contribution in [0.1, 0.15) is 46.1 Å². The van der Waals surface area contributed by atoms with Gasteiger partial charge in [0.1, 0.15) is 6.73 Å². The van der Waals surface area contributed by atoms with Gasteiger partial charge in [-0.2, -0.15) is 0 Å². The molecule has 2 aliphatic rings. The number of para-hydroxylation sites is 2. The molecule has 0 spiro atoms. The average Bonchev–Trinajstić information content (AvgIpc) is 3.79. The summed E-state index contributed by atoms with van der Waals surface area (Å²) in [7, 11) is -4.26. The highest BCUT2D eigenvalue weighted by molar-refractivity contribution is 7.48. The second kappa shape index (κ2) is 12.7. The van der Waals surface area contributed by atoms with Crippen LogP contribution in [0.25, 0.3) is 21.8 Å². The summed E-state index contributed by atoms with van der Waals surface area (Å²) in [5.41, 5.74) is 6.28. The number of aryl methyl sites for hydroxylation is 2.